The van der Waals surface area contributed by atoms with Crippen molar-refractivity contribution in [3.8, 4) is 11.5 Å². The third kappa shape index (κ3) is 8.68. The largest absolute Gasteiger partial charge is 0.490 e. The average molecular weight is 506 g/mol. The first-order chi connectivity index (χ1) is 13.1. The molecule has 2 rings (SSSR count). The molecule has 9 heteroatoms. The summed E-state index contributed by atoms with van der Waals surface area (Å²) < 4.78 is 34.4. The van der Waals surface area contributed by atoms with E-state index >= 15 is 0 Å². The van der Waals surface area contributed by atoms with Crippen molar-refractivity contribution in [1.82, 2.24) is 15.2 Å². The second-order valence-corrected chi connectivity index (χ2v) is 5.65. The lowest BCUT2D eigenvalue weighted by atomic mass is 10.2. The summed E-state index contributed by atoms with van der Waals surface area (Å²) >= 11 is 0. The Morgan fingerprint density at radius 2 is 1.96 bits per heavy atom. The molecule has 0 aliphatic carbocycles. The Kier molecular flexibility index (Phi) is 11.2. The molecule has 2 aromatic rings. The number of nitrogens with one attached hydrogen (secondary N) is 1. The molecule has 0 saturated carbocycles. The Hall–Kier alpha value is -2.17. The number of rotatable bonds is 9. The maximum atomic E-state index is 12.2. The molecule has 1 aromatic carbocycles. The number of benzene rings is 1. The number of aliphatic imine (C=N–C) groups is 1. The number of ether oxygens (including phenoxy) is 2. The van der Waals surface area contributed by atoms with Crippen LogP contribution in [-0.4, -0.2) is 49.2 Å². The minimum absolute atomic E-state index is 0. The van der Waals surface area contributed by atoms with Crippen LogP contribution in [0.5, 0.6) is 11.5 Å². The highest BCUT2D eigenvalue weighted by Crippen LogP contribution is 2.15. The third-order valence-electron chi connectivity index (χ3n) is 3.52. The summed E-state index contributed by atoms with van der Waals surface area (Å²) in [4.78, 5) is 10.5. The van der Waals surface area contributed by atoms with Crippen molar-refractivity contribution in [1.29, 1.82) is 0 Å². The maximum absolute atomic E-state index is 12.2. The molecule has 0 bridgehead atoms. The lowest BCUT2D eigenvalue weighted by Crippen LogP contribution is -2.38. The Balaban J connectivity index is 0.00000392. The van der Waals surface area contributed by atoms with E-state index < -0.39 is 6.61 Å². The van der Waals surface area contributed by atoms with Gasteiger partial charge in [0.1, 0.15) is 18.1 Å². The standard InChI is InChI=1S/C19H24F2N4O2.HI/c1-3-23-19(24-11-12-26-17-5-4-10-22-13-17)25(2)14-15-6-8-16(9-7-15)27-18(20)21;/h4-10,13,18H,3,11-12,14H2,1-2H3,(H,23,24);1H. The number of hydrogen-bond donors (Lipinski definition) is 1. The van der Waals surface area contributed by atoms with Gasteiger partial charge < -0.3 is 19.7 Å². The number of aromatic nitrogens is 1. The van der Waals surface area contributed by atoms with Crippen molar-refractivity contribution in [2.45, 2.75) is 20.1 Å². The second-order valence-electron chi connectivity index (χ2n) is 5.65. The van der Waals surface area contributed by atoms with Crippen molar-refractivity contribution in [3.63, 3.8) is 0 Å². The fourth-order valence-corrected chi connectivity index (χ4v) is 2.34. The molecule has 28 heavy (non-hydrogen) atoms. The minimum atomic E-state index is -2.82. The van der Waals surface area contributed by atoms with Gasteiger partial charge in [-0.2, -0.15) is 8.78 Å². The monoisotopic (exact) mass is 506 g/mol. The minimum Gasteiger partial charge on any atom is -0.490 e. The first-order valence-electron chi connectivity index (χ1n) is 8.64. The normalized spacial score (nSPS) is 11.0. The Morgan fingerprint density at radius 3 is 2.57 bits per heavy atom. The smallest absolute Gasteiger partial charge is 0.387 e. The molecule has 0 spiro atoms. The van der Waals surface area contributed by atoms with Crippen LogP contribution in [0.1, 0.15) is 12.5 Å². The van der Waals surface area contributed by atoms with E-state index in [0.29, 0.717) is 25.4 Å². The van der Waals surface area contributed by atoms with E-state index in [1.807, 2.05) is 31.0 Å². The molecule has 0 saturated heterocycles. The van der Waals surface area contributed by atoms with Gasteiger partial charge >= 0.3 is 6.61 Å². The van der Waals surface area contributed by atoms with Gasteiger partial charge in [0.2, 0.25) is 0 Å². The highest BCUT2D eigenvalue weighted by molar-refractivity contribution is 14.0. The third-order valence-corrected chi connectivity index (χ3v) is 3.52. The molecule has 154 valence electrons. The van der Waals surface area contributed by atoms with Crippen LogP contribution in [0.15, 0.2) is 53.8 Å². The van der Waals surface area contributed by atoms with Crippen LogP contribution in [0, 0.1) is 0 Å². The highest BCUT2D eigenvalue weighted by atomic mass is 127. The van der Waals surface area contributed by atoms with Crippen LogP contribution in [-0.2, 0) is 6.54 Å². The van der Waals surface area contributed by atoms with Crippen molar-refractivity contribution < 1.29 is 18.3 Å². The molecule has 0 radical (unpaired) electrons. The first kappa shape index (κ1) is 23.9. The van der Waals surface area contributed by atoms with Gasteiger partial charge in [-0.15, -0.1) is 24.0 Å². The summed E-state index contributed by atoms with van der Waals surface area (Å²) in [5.74, 6) is 1.59. The van der Waals surface area contributed by atoms with Gasteiger partial charge in [0.25, 0.3) is 0 Å². The van der Waals surface area contributed by atoms with Crippen LogP contribution >= 0.6 is 24.0 Å². The van der Waals surface area contributed by atoms with Crippen LogP contribution in [0.3, 0.4) is 0 Å². The quantitative estimate of drug-likeness (QED) is 0.243. The SMILES string of the molecule is CCNC(=NCCOc1cccnc1)N(C)Cc1ccc(OC(F)F)cc1.I. The van der Waals surface area contributed by atoms with E-state index in [2.05, 4.69) is 20.0 Å². The van der Waals surface area contributed by atoms with Crippen molar-refractivity contribution in [2.24, 2.45) is 4.99 Å². The van der Waals surface area contributed by atoms with Gasteiger partial charge in [-0.3, -0.25) is 4.98 Å². The average Bonchev–Trinajstić information content (AvgIpc) is 2.66. The van der Waals surface area contributed by atoms with E-state index in [4.69, 9.17) is 4.74 Å². The molecule has 0 unspecified atom stereocenters. The van der Waals surface area contributed by atoms with Crippen LogP contribution in [0.25, 0.3) is 0 Å². The van der Waals surface area contributed by atoms with E-state index in [-0.39, 0.29) is 29.7 Å². The van der Waals surface area contributed by atoms with Gasteiger partial charge in [-0.1, -0.05) is 12.1 Å². The Labute approximate surface area is 181 Å². The predicted molar refractivity (Wildman–Crippen MR) is 116 cm³/mol. The van der Waals surface area contributed by atoms with E-state index in [0.717, 1.165) is 18.1 Å². The van der Waals surface area contributed by atoms with Crippen molar-refractivity contribution in [3.05, 3.63) is 54.4 Å². The lowest BCUT2D eigenvalue weighted by Gasteiger charge is -2.22. The van der Waals surface area contributed by atoms with Gasteiger partial charge in [0.05, 0.1) is 12.7 Å². The van der Waals surface area contributed by atoms with Gasteiger partial charge in [0, 0.05) is 26.3 Å². The molecule has 1 N–H and O–H groups in total. The zero-order valence-corrected chi connectivity index (χ0v) is 18.2. The number of guanidine groups is 1. The topological polar surface area (TPSA) is 59.0 Å². The fraction of sp³-hybridized carbons (Fsp3) is 0.368. The van der Waals surface area contributed by atoms with Gasteiger partial charge in [0.15, 0.2) is 5.96 Å². The van der Waals surface area contributed by atoms with E-state index in [9.17, 15) is 8.78 Å². The van der Waals surface area contributed by atoms with Gasteiger partial charge in [-0.25, -0.2) is 4.99 Å². The van der Waals surface area contributed by atoms with Crippen molar-refractivity contribution >= 4 is 29.9 Å². The number of halogens is 3. The Morgan fingerprint density at radius 1 is 1.21 bits per heavy atom. The number of alkyl halides is 2. The van der Waals surface area contributed by atoms with E-state index in [1.165, 1.54) is 12.1 Å². The molecular weight excluding hydrogens is 481 g/mol. The summed E-state index contributed by atoms with van der Waals surface area (Å²) in [6.07, 6.45) is 3.35. The molecule has 0 fully saturated rings. The molecular formula is C19H25F2IN4O2. The van der Waals surface area contributed by atoms with E-state index in [1.54, 1.807) is 24.5 Å². The highest BCUT2D eigenvalue weighted by Gasteiger charge is 2.08. The van der Waals surface area contributed by atoms with Gasteiger partial charge in [-0.05, 0) is 36.8 Å². The van der Waals surface area contributed by atoms with Crippen molar-refractivity contribution in [2.75, 3.05) is 26.7 Å². The lowest BCUT2D eigenvalue weighted by molar-refractivity contribution is -0.0498. The summed E-state index contributed by atoms with van der Waals surface area (Å²) in [5, 5.41) is 3.22. The number of pyridine rings is 1. The fourth-order valence-electron chi connectivity index (χ4n) is 2.34. The van der Waals surface area contributed by atoms with Crippen LogP contribution in [0.4, 0.5) is 8.78 Å². The second kappa shape index (κ2) is 13.1. The zero-order valence-electron chi connectivity index (χ0n) is 15.8. The predicted octanol–water partition coefficient (Wildman–Crippen LogP) is 3.78. The summed E-state index contributed by atoms with van der Waals surface area (Å²) in [5.41, 5.74) is 0.955. The molecule has 1 aromatic heterocycles. The zero-order chi connectivity index (χ0) is 19.5. The Bertz CT molecular complexity index is 703. The number of nitrogens with zero attached hydrogens (tertiary/aromatic N) is 3. The summed E-state index contributed by atoms with van der Waals surface area (Å²) in [7, 11) is 1.91. The summed E-state index contributed by atoms with van der Waals surface area (Å²) in [6.45, 7) is 1.40. The molecule has 0 aliphatic heterocycles. The molecule has 1 heterocycles. The molecule has 0 amide bonds. The maximum Gasteiger partial charge on any atom is 0.387 e. The molecule has 0 atom stereocenters. The first-order valence-corrected chi connectivity index (χ1v) is 8.64. The van der Waals surface area contributed by atoms with Crippen LogP contribution in [0.2, 0.25) is 0 Å². The number of hydrogen-bond acceptors (Lipinski definition) is 4. The molecule has 6 nitrogen and oxygen atoms in total. The van der Waals surface area contributed by atoms with Crippen LogP contribution < -0.4 is 14.8 Å². The summed E-state index contributed by atoms with van der Waals surface area (Å²) in [6, 6.07) is 10.2. The molecule has 0 aliphatic rings.